The number of aliphatic hydroxyl groups is 1. The lowest BCUT2D eigenvalue weighted by molar-refractivity contribution is -0.164. The van der Waals surface area contributed by atoms with E-state index in [-0.39, 0.29) is 17.6 Å². The summed E-state index contributed by atoms with van der Waals surface area (Å²) in [5, 5.41) is 20.4. The molecule has 1 N–H and O–H groups in total. The van der Waals surface area contributed by atoms with E-state index in [0.717, 1.165) is 58.2 Å². The quantitative estimate of drug-likeness (QED) is 0.772. The molecule has 1 saturated heterocycles. The molecule has 5 rings (SSSR count). The summed E-state index contributed by atoms with van der Waals surface area (Å²) in [5.41, 5.74) is 3.72. The predicted octanol–water partition coefficient (Wildman–Crippen LogP) is 4.01. The van der Waals surface area contributed by atoms with Crippen molar-refractivity contribution in [1.29, 1.82) is 5.26 Å². The van der Waals surface area contributed by atoms with Crippen molar-refractivity contribution >= 4 is 0 Å². The van der Waals surface area contributed by atoms with Crippen molar-refractivity contribution in [2.24, 2.45) is 17.3 Å². The fourth-order valence-electron chi connectivity index (χ4n) is 6.82. The van der Waals surface area contributed by atoms with Gasteiger partial charge < -0.3 is 14.6 Å². The second-order valence-corrected chi connectivity index (χ2v) is 9.30. The van der Waals surface area contributed by atoms with Crippen LogP contribution < -0.4 is 0 Å². The molecule has 0 aromatic heterocycles. The third-order valence-corrected chi connectivity index (χ3v) is 8.34. The molecule has 4 heteroatoms. The van der Waals surface area contributed by atoms with E-state index >= 15 is 0 Å². The Morgan fingerprint density at radius 2 is 2.04 bits per heavy atom. The Hall–Kier alpha value is -1.15. The van der Waals surface area contributed by atoms with Crippen LogP contribution in [0.4, 0.5) is 0 Å². The number of allylic oxidation sites excluding steroid dienone is 3. The summed E-state index contributed by atoms with van der Waals surface area (Å²) in [6.07, 6.45) is 10.7. The maximum Gasteiger partial charge on any atom is 0.172 e. The Kier molecular flexibility index (Phi) is 3.71. The van der Waals surface area contributed by atoms with Gasteiger partial charge in [-0.2, -0.15) is 5.26 Å². The van der Waals surface area contributed by atoms with Gasteiger partial charge in [0, 0.05) is 18.3 Å². The molecule has 4 atom stereocenters. The van der Waals surface area contributed by atoms with E-state index in [9.17, 15) is 10.4 Å². The summed E-state index contributed by atoms with van der Waals surface area (Å²) in [4.78, 5) is 0. The molecule has 2 fully saturated rings. The Morgan fingerprint density at radius 1 is 1.23 bits per heavy atom. The van der Waals surface area contributed by atoms with Crippen LogP contribution >= 0.6 is 0 Å². The first-order valence-corrected chi connectivity index (χ1v) is 10.3. The number of fused-ring (bicyclic) bond motifs is 4. The minimum Gasteiger partial charge on any atom is -0.388 e. The maximum absolute atomic E-state index is 11.2. The summed E-state index contributed by atoms with van der Waals surface area (Å²) in [6, 6.07) is 2.25. The highest BCUT2D eigenvalue weighted by Gasteiger charge is 2.60. The summed E-state index contributed by atoms with van der Waals surface area (Å²) >= 11 is 0. The van der Waals surface area contributed by atoms with Gasteiger partial charge in [0.1, 0.15) is 0 Å². The van der Waals surface area contributed by atoms with Crippen molar-refractivity contribution in [2.75, 3.05) is 13.2 Å². The standard InChI is InChI=1S/C22H29NO3/c1-20-7-4-17-16-5-9-22(25-12-13-26-22)14-15(16)2-3-18(17)19(20)6-8-21(20,24)10-11-23/h4,18-19,24H,2-3,5-10,12-14H2,1H3/t18-,19+,20+,21-/m1/s1. The van der Waals surface area contributed by atoms with Gasteiger partial charge in [-0.3, -0.25) is 0 Å². The predicted molar refractivity (Wildman–Crippen MR) is 96.9 cm³/mol. The first-order chi connectivity index (χ1) is 12.5. The van der Waals surface area contributed by atoms with Gasteiger partial charge in [-0.1, -0.05) is 18.6 Å². The molecule has 1 heterocycles. The molecule has 0 aromatic carbocycles. The number of hydrogen-bond acceptors (Lipinski definition) is 4. The summed E-state index contributed by atoms with van der Waals surface area (Å²) in [7, 11) is 0. The highest BCUT2D eigenvalue weighted by Crippen LogP contribution is 2.63. The normalized spacial score (nSPS) is 43.5. The van der Waals surface area contributed by atoms with Crippen molar-refractivity contribution in [1.82, 2.24) is 0 Å². The summed E-state index contributed by atoms with van der Waals surface area (Å²) < 4.78 is 11.9. The number of rotatable bonds is 1. The van der Waals surface area contributed by atoms with Gasteiger partial charge in [0.2, 0.25) is 0 Å². The van der Waals surface area contributed by atoms with Gasteiger partial charge in [0.05, 0.1) is 31.3 Å². The van der Waals surface area contributed by atoms with Crippen molar-refractivity contribution < 1.29 is 14.6 Å². The van der Waals surface area contributed by atoms with Crippen molar-refractivity contribution in [3.05, 3.63) is 22.8 Å². The molecular weight excluding hydrogens is 326 g/mol. The molecule has 5 aliphatic rings. The summed E-state index contributed by atoms with van der Waals surface area (Å²) in [6.45, 7) is 3.69. The minimum absolute atomic E-state index is 0.150. The zero-order valence-electron chi connectivity index (χ0n) is 15.7. The van der Waals surface area contributed by atoms with Crippen LogP contribution in [0.2, 0.25) is 0 Å². The first kappa shape index (κ1) is 17.0. The zero-order chi connectivity index (χ0) is 18.0. The third-order valence-electron chi connectivity index (χ3n) is 8.34. The van der Waals surface area contributed by atoms with E-state index in [1.165, 1.54) is 6.42 Å². The van der Waals surface area contributed by atoms with Gasteiger partial charge in [0.15, 0.2) is 5.79 Å². The lowest BCUT2D eigenvalue weighted by Gasteiger charge is -2.50. The van der Waals surface area contributed by atoms with E-state index in [1.54, 1.807) is 16.7 Å². The van der Waals surface area contributed by atoms with Crippen molar-refractivity contribution in [2.45, 2.75) is 76.1 Å². The van der Waals surface area contributed by atoms with Crippen molar-refractivity contribution in [3.63, 3.8) is 0 Å². The van der Waals surface area contributed by atoms with Crippen LogP contribution in [0.5, 0.6) is 0 Å². The van der Waals surface area contributed by atoms with E-state index in [2.05, 4.69) is 19.1 Å². The minimum atomic E-state index is -0.814. The Balaban J connectivity index is 1.47. The number of nitrogens with zero attached hydrogens (tertiary/aromatic N) is 1. The first-order valence-electron chi connectivity index (χ1n) is 10.3. The van der Waals surface area contributed by atoms with Gasteiger partial charge in [0.25, 0.3) is 0 Å². The molecule has 1 aliphatic heterocycles. The molecule has 4 nitrogen and oxygen atoms in total. The second kappa shape index (κ2) is 5.67. The maximum atomic E-state index is 11.2. The van der Waals surface area contributed by atoms with Crippen LogP contribution in [0.25, 0.3) is 0 Å². The molecule has 26 heavy (non-hydrogen) atoms. The fourth-order valence-corrected chi connectivity index (χ4v) is 6.82. The number of ether oxygens (including phenoxy) is 2. The number of nitriles is 1. The van der Waals surface area contributed by atoms with E-state index in [0.29, 0.717) is 11.8 Å². The van der Waals surface area contributed by atoms with E-state index < -0.39 is 5.60 Å². The molecule has 140 valence electrons. The molecule has 0 radical (unpaired) electrons. The smallest absolute Gasteiger partial charge is 0.172 e. The fraction of sp³-hybridized carbons (Fsp3) is 0.773. The van der Waals surface area contributed by atoms with Crippen LogP contribution in [-0.4, -0.2) is 29.7 Å². The zero-order valence-corrected chi connectivity index (χ0v) is 15.7. The molecule has 1 saturated carbocycles. The highest BCUT2D eigenvalue weighted by atomic mass is 16.7. The Labute approximate surface area is 155 Å². The molecule has 0 amide bonds. The molecule has 4 aliphatic carbocycles. The van der Waals surface area contributed by atoms with Gasteiger partial charge in [-0.25, -0.2) is 0 Å². The molecule has 0 bridgehead atoms. The largest absolute Gasteiger partial charge is 0.388 e. The average molecular weight is 355 g/mol. The topological polar surface area (TPSA) is 62.5 Å². The van der Waals surface area contributed by atoms with Crippen LogP contribution in [0.1, 0.15) is 64.7 Å². The molecule has 1 spiro atoms. The van der Waals surface area contributed by atoms with Crippen LogP contribution in [0.15, 0.2) is 22.8 Å². The van der Waals surface area contributed by atoms with Crippen molar-refractivity contribution in [3.8, 4) is 6.07 Å². The van der Waals surface area contributed by atoms with Gasteiger partial charge in [-0.05, 0) is 61.5 Å². The average Bonchev–Trinajstić information content (AvgIpc) is 3.18. The SMILES string of the molecule is C[C@]12CC=C3C4=C(CC[C@H]3[C@@H]1CC[C@@]2(O)CC#N)CC1(CC4)OCCO1. The van der Waals surface area contributed by atoms with Crippen LogP contribution in [0, 0.1) is 28.6 Å². The van der Waals surface area contributed by atoms with Gasteiger partial charge in [-0.15, -0.1) is 0 Å². The lowest BCUT2D eigenvalue weighted by atomic mass is 9.56. The second-order valence-electron chi connectivity index (χ2n) is 9.30. The van der Waals surface area contributed by atoms with Crippen LogP contribution in [0.3, 0.4) is 0 Å². The lowest BCUT2D eigenvalue weighted by Crippen LogP contribution is -2.49. The summed E-state index contributed by atoms with van der Waals surface area (Å²) in [5.74, 6) is 0.722. The molecular formula is C22H29NO3. The molecule has 0 aromatic rings. The monoisotopic (exact) mass is 355 g/mol. The number of hydrogen-bond donors (Lipinski definition) is 1. The van der Waals surface area contributed by atoms with Crippen LogP contribution in [-0.2, 0) is 9.47 Å². The molecule has 0 unspecified atom stereocenters. The third kappa shape index (κ3) is 2.17. The Bertz CT molecular complexity index is 726. The van der Waals surface area contributed by atoms with Gasteiger partial charge >= 0.3 is 0 Å². The highest BCUT2D eigenvalue weighted by molar-refractivity contribution is 5.45. The Morgan fingerprint density at radius 3 is 2.81 bits per heavy atom. The van der Waals surface area contributed by atoms with E-state index in [4.69, 9.17) is 9.47 Å². The van der Waals surface area contributed by atoms with E-state index in [1.807, 2.05) is 0 Å².